The topological polar surface area (TPSA) is 64.3 Å². The normalized spacial score (nSPS) is 16.6. The van der Waals surface area contributed by atoms with E-state index in [1.165, 1.54) is 6.92 Å². The molecular formula is C14H19ClN2O2. The molecule has 0 unspecified atom stereocenters. The van der Waals surface area contributed by atoms with E-state index in [2.05, 4.69) is 5.32 Å². The van der Waals surface area contributed by atoms with Gasteiger partial charge in [-0.25, -0.2) is 0 Å². The molecule has 0 heterocycles. The van der Waals surface area contributed by atoms with E-state index < -0.39 is 0 Å². The first kappa shape index (κ1) is 14.2. The Labute approximate surface area is 118 Å². The Morgan fingerprint density at radius 3 is 2.63 bits per heavy atom. The summed E-state index contributed by atoms with van der Waals surface area (Å²) >= 11 is 6.36. The Hall–Kier alpha value is -1.26. The number of carbonyl (C=O) groups excluding carboxylic acids is 1. The number of amides is 1. The highest BCUT2D eigenvalue weighted by molar-refractivity contribution is 6.32. The molecule has 0 aromatic heterocycles. The Kier molecular flexibility index (Phi) is 4.02. The van der Waals surface area contributed by atoms with Crippen molar-refractivity contribution < 1.29 is 9.53 Å². The molecule has 104 valence electrons. The number of nitrogens with two attached hydrogens (primary N) is 1. The maximum absolute atomic E-state index is 11.4. The van der Waals surface area contributed by atoms with Crippen molar-refractivity contribution in [3.8, 4) is 5.75 Å². The van der Waals surface area contributed by atoms with Gasteiger partial charge in [-0.05, 0) is 25.0 Å². The average molecular weight is 283 g/mol. The molecule has 4 nitrogen and oxygen atoms in total. The summed E-state index contributed by atoms with van der Waals surface area (Å²) < 4.78 is 5.34. The summed E-state index contributed by atoms with van der Waals surface area (Å²) in [4.78, 5) is 11.4. The second-order valence-corrected chi connectivity index (χ2v) is 5.43. The second kappa shape index (κ2) is 5.39. The highest BCUT2D eigenvalue weighted by atomic mass is 35.5. The summed E-state index contributed by atoms with van der Waals surface area (Å²) in [5.41, 5.74) is 7.39. The van der Waals surface area contributed by atoms with Crippen LogP contribution >= 0.6 is 11.6 Å². The summed E-state index contributed by atoms with van der Waals surface area (Å²) in [6, 6.07) is 3.57. The third-order valence-corrected chi connectivity index (χ3v) is 4.18. The predicted molar refractivity (Wildman–Crippen MR) is 76.9 cm³/mol. The molecule has 0 radical (unpaired) electrons. The fourth-order valence-electron chi connectivity index (χ4n) is 2.71. The largest absolute Gasteiger partial charge is 0.495 e. The molecule has 3 N–H and O–H groups in total. The summed E-state index contributed by atoms with van der Waals surface area (Å²) in [5.74, 6) is 0.475. The molecule has 0 spiro atoms. The summed E-state index contributed by atoms with van der Waals surface area (Å²) in [5, 5.41) is 3.47. The average Bonchev–Trinajstić information content (AvgIpc) is 2.31. The van der Waals surface area contributed by atoms with Gasteiger partial charge in [0, 0.05) is 29.5 Å². The molecule has 0 bridgehead atoms. The predicted octanol–water partition coefficient (Wildman–Crippen LogP) is 2.69. The molecule has 1 aromatic rings. The zero-order valence-corrected chi connectivity index (χ0v) is 12.0. The lowest BCUT2D eigenvalue weighted by atomic mass is 9.64. The lowest BCUT2D eigenvalue weighted by molar-refractivity contribution is -0.114. The molecule has 0 saturated heterocycles. The van der Waals surface area contributed by atoms with Gasteiger partial charge in [-0.3, -0.25) is 4.79 Å². The van der Waals surface area contributed by atoms with Crippen LogP contribution in [0.3, 0.4) is 0 Å². The van der Waals surface area contributed by atoms with Crippen LogP contribution in [0.4, 0.5) is 5.69 Å². The van der Waals surface area contributed by atoms with E-state index in [-0.39, 0.29) is 11.3 Å². The molecule has 19 heavy (non-hydrogen) atoms. The van der Waals surface area contributed by atoms with E-state index in [9.17, 15) is 4.79 Å². The molecule has 1 fully saturated rings. The highest BCUT2D eigenvalue weighted by Gasteiger charge is 2.41. The minimum atomic E-state index is -0.145. The van der Waals surface area contributed by atoms with Crippen LogP contribution in [0, 0.1) is 0 Å². The Balaban J connectivity index is 2.59. The fourth-order valence-corrected chi connectivity index (χ4v) is 3.06. The summed E-state index contributed by atoms with van der Waals surface area (Å²) in [7, 11) is 1.58. The van der Waals surface area contributed by atoms with Gasteiger partial charge in [0.15, 0.2) is 0 Å². The maximum atomic E-state index is 11.4. The van der Waals surface area contributed by atoms with Gasteiger partial charge in [0.1, 0.15) is 5.75 Å². The van der Waals surface area contributed by atoms with E-state index in [1.54, 1.807) is 19.2 Å². The number of rotatable bonds is 4. The van der Waals surface area contributed by atoms with Crippen LogP contribution in [0.25, 0.3) is 0 Å². The van der Waals surface area contributed by atoms with Crippen molar-refractivity contribution in [1.29, 1.82) is 0 Å². The second-order valence-electron chi connectivity index (χ2n) is 5.02. The van der Waals surface area contributed by atoms with Crippen molar-refractivity contribution in [3.63, 3.8) is 0 Å². The van der Waals surface area contributed by atoms with Crippen LogP contribution in [-0.2, 0) is 10.2 Å². The van der Waals surface area contributed by atoms with Crippen molar-refractivity contribution in [1.82, 2.24) is 0 Å². The third kappa shape index (κ3) is 2.42. The van der Waals surface area contributed by atoms with Crippen LogP contribution in [0.2, 0.25) is 5.02 Å². The van der Waals surface area contributed by atoms with E-state index in [1.807, 2.05) is 0 Å². The zero-order chi connectivity index (χ0) is 14.0. The van der Waals surface area contributed by atoms with Crippen LogP contribution in [0.5, 0.6) is 5.75 Å². The standard InChI is InChI=1S/C14H19ClN2O2/c1-9(18)17-13-11(19-2)5-4-10(15)12(13)14(8-16)6-3-7-14/h4-5H,3,6-8,16H2,1-2H3,(H,17,18). The van der Waals surface area contributed by atoms with Gasteiger partial charge in [0.25, 0.3) is 0 Å². The summed E-state index contributed by atoms with van der Waals surface area (Å²) in [6.45, 7) is 1.99. The molecule has 2 rings (SSSR count). The smallest absolute Gasteiger partial charge is 0.221 e. The van der Waals surface area contributed by atoms with Gasteiger partial charge in [-0.2, -0.15) is 0 Å². The number of halogens is 1. The Morgan fingerprint density at radius 1 is 1.53 bits per heavy atom. The number of methoxy groups -OCH3 is 1. The number of nitrogens with one attached hydrogen (secondary N) is 1. The molecule has 1 aliphatic rings. The van der Waals surface area contributed by atoms with Crippen molar-refractivity contribution >= 4 is 23.2 Å². The van der Waals surface area contributed by atoms with E-state index >= 15 is 0 Å². The van der Waals surface area contributed by atoms with Gasteiger partial charge in [-0.15, -0.1) is 0 Å². The van der Waals surface area contributed by atoms with E-state index in [0.717, 1.165) is 24.8 Å². The molecule has 1 amide bonds. The number of hydrogen-bond acceptors (Lipinski definition) is 3. The highest BCUT2D eigenvalue weighted by Crippen LogP contribution is 2.50. The van der Waals surface area contributed by atoms with Crippen molar-refractivity contribution in [2.75, 3.05) is 19.0 Å². The Morgan fingerprint density at radius 2 is 2.21 bits per heavy atom. The maximum Gasteiger partial charge on any atom is 0.221 e. The van der Waals surface area contributed by atoms with Crippen LogP contribution in [0.15, 0.2) is 12.1 Å². The van der Waals surface area contributed by atoms with Crippen LogP contribution in [-0.4, -0.2) is 19.6 Å². The Bertz CT molecular complexity index is 493. The molecular weight excluding hydrogens is 264 g/mol. The third-order valence-electron chi connectivity index (χ3n) is 3.87. The zero-order valence-electron chi connectivity index (χ0n) is 11.3. The monoisotopic (exact) mass is 282 g/mol. The number of carbonyl (C=O) groups is 1. The first-order valence-corrected chi connectivity index (χ1v) is 6.76. The lowest BCUT2D eigenvalue weighted by Gasteiger charge is -2.43. The summed E-state index contributed by atoms with van der Waals surface area (Å²) in [6.07, 6.45) is 3.11. The first-order valence-electron chi connectivity index (χ1n) is 6.39. The van der Waals surface area contributed by atoms with Gasteiger partial charge >= 0.3 is 0 Å². The molecule has 1 aliphatic carbocycles. The van der Waals surface area contributed by atoms with Crippen molar-refractivity contribution in [2.24, 2.45) is 5.73 Å². The van der Waals surface area contributed by atoms with Crippen LogP contribution < -0.4 is 15.8 Å². The fraction of sp³-hybridized carbons (Fsp3) is 0.500. The lowest BCUT2D eigenvalue weighted by Crippen LogP contribution is -2.42. The van der Waals surface area contributed by atoms with Crippen molar-refractivity contribution in [2.45, 2.75) is 31.6 Å². The SMILES string of the molecule is COc1ccc(Cl)c(C2(CN)CCC2)c1NC(C)=O. The first-order chi connectivity index (χ1) is 9.04. The van der Waals surface area contributed by atoms with Gasteiger partial charge in [0.2, 0.25) is 5.91 Å². The van der Waals surface area contributed by atoms with E-state index in [4.69, 9.17) is 22.1 Å². The van der Waals surface area contributed by atoms with Gasteiger partial charge < -0.3 is 15.8 Å². The number of ether oxygens (including phenoxy) is 1. The minimum Gasteiger partial charge on any atom is -0.495 e. The molecule has 1 aromatic carbocycles. The minimum absolute atomic E-state index is 0.136. The number of benzene rings is 1. The van der Waals surface area contributed by atoms with Gasteiger partial charge in [0.05, 0.1) is 12.8 Å². The van der Waals surface area contributed by atoms with Gasteiger partial charge in [-0.1, -0.05) is 18.0 Å². The molecule has 0 atom stereocenters. The quantitative estimate of drug-likeness (QED) is 0.892. The number of hydrogen-bond donors (Lipinski definition) is 2. The number of anilines is 1. The molecule has 0 aliphatic heterocycles. The molecule has 5 heteroatoms. The van der Waals surface area contributed by atoms with Crippen molar-refractivity contribution in [3.05, 3.63) is 22.7 Å². The molecule has 1 saturated carbocycles. The van der Waals surface area contributed by atoms with Crippen LogP contribution in [0.1, 0.15) is 31.7 Å². The van der Waals surface area contributed by atoms with E-state index in [0.29, 0.717) is 23.0 Å².